The first kappa shape index (κ1) is 13.9. The van der Waals surface area contributed by atoms with Crippen molar-refractivity contribution >= 4 is 23.2 Å². The molecule has 106 valence electrons. The number of allylic oxidation sites excluding steroid dienone is 1. The molecule has 0 saturated carbocycles. The second-order valence-corrected chi connectivity index (χ2v) is 5.70. The largest absolute Gasteiger partial charge is 0.395 e. The maximum absolute atomic E-state index is 12.6. The summed E-state index contributed by atoms with van der Waals surface area (Å²) in [5.41, 5.74) is 2.49. The molecule has 0 amide bonds. The summed E-state index contributed by atoms with van der Waals surface area (Å²) in [5, 5.41) is 12.2. The Morgan fingerprint density at radius 2 is 1.76 bits per heavy atom. The molecule has 3 nitrogen and oxygen atoms in total. The first-order valence-electron chi connectivity index (χ1n) is 6.77. The third kappa shape index (κ3) is 2.73. The lowest BCUT2D eigenvalue weighted by Crippen LogP contribution is -2.19. The van der Waals surface area contributed by atoms with E-state index in [1.54, 1.807) is 0 Å². The second-order valence-electron chi connectivity index (χ2n) is 4.65. The number of nitrogens with one attached hydrogen (secondary N) is 1. The Kier molecular flexibility index (Phi) is 4.08. The molecule has 3 rings (SSSR count). The summed E-state index contributed by atoms with van der Waals surface area (Å²) < 4.78 is 0. The Morgan fingerprint density at radius 1 is 1.05 bits per heavy atom. The van der Waals surface area contributed by atoms with Gasteiger partial charge >= 0.3 is 0 Å². The number of Topliss-reactive ketones (excluding diaryl/α,β-unsaturated/α-hetero) is 1. The number of aliphatic hydroxyl groups excluding tert-OH is 1. The number of benzene rings is 2. The van der Waals surface area contributed by atoms with Gasteiger partial charge < -0.3 is 10.4 Å². The van der Waals surface area contributed by atoms with E-state index in [-0.39, 0.29) is 12.4 Å². The molecule has 0 bridgehead atoms. The van der Waals surface area contributed by atoms with Crippen LogP contribution in [-0.4, -0.2) is 24.0 Å². The lowest BCUT2D eigenvalue weighted by atomic mass is 10.1. The minimum atomic E-state index is 0.0232. The molecule has 0 saturated heterocycles. The smallest absolute Gasteiger partial charge is 0.202 e. The highest BCUT2D eigenvalue weighted by molar-refractivity contribution is 8.05. The van der Waals surface area contributed by atoms with E-state index < -0.39 is 0 Å². The molecule has 1 aliphatic rings. The Hall–Kier alpha value is -2.04. The predicted octanol–water partition coefficient (Wildman–Crippen LogP) is 2.93. The number of thioether (sulfide) groups is 1. The molecule has 0 aliphatic carbocycles. The number of hydrogen-bond donors (Lipinski definition) is 2. The van der Waals surface area contributed by atoms with E-state index in [1.165, 1.54) is 11.8 Å². The average molecular weight is 297 g/mol. The molecule has 2 N–H and O–H groups in total. The first-order valence-corrected chi connectivity index (χ1v) is 7.59. The maximum Gasteiger partial charge on any atom is 0.202 e. The van der Waals surface area contributed by atoms with E-state index in [0.717, 1.165) is 21.7 Å². The van der Waals surface area contributed by atoms with Crippen molar-refractivity contribution in [3.05, 3.63) is 70.6 Å². The zero-order valence-electron chi connectivity index (χ0n) is 11.4. The summed E-state index contributed by atoms with van der Waals surface area (Å²) in [5.74, 6) is 0.0416. The summed E-state index contributed by atoms with van der Waals surface area (Å²) in [6.45, 7) is 0.438. The van der Waals surface area contributed by atoms with Crippen molar-refractivity contribution in [1.82, 2.24) is 5.32 Å². The molecule has 2 aromatic rings. The summed E-state index contributed by atoms with van der Waals surface area (Å²) in [6.07, 6.45) is 0. The quantitative estimate of drug-likeness (QED) is 0.852. The number of carbonyl (C=O) groups is 1. The van der Waals surface area contributed by atoms with Crippen molar-refractivity contribution in [3.8, 4) is 0 Å². The van der Waals surface area contributed by atoms with Crippen LogP contribution >= 0.6 is 11.8 Å². The zero-order chi connectivity index (χ0) is 14.7. The van der Waals surface area contributed by atoms with Crippen LogP contribution in [0.25, 0.3) is 5.70 Å². The molecule has 0 fully saturated rings. The number of fused-ring (bicyclic) bond motifs is 1. The van der Waals surface area contributed by atoms with Crippen LogP contribution in [0.1, 0.15) is 15.9 Å². The molecule has 1 heterocycles. The molecule has 21 heavy (non-hydrogen) atoms. The van der Waals surface area contributed by atoms with Crippen LogP contribution in [0.5, 0.6) is 0 Å². The van der Waals surface area contributed by atoms with Gasteiger partial charge in [-0.1, -0.05) is 54.2 Å². The topological polar surface area (TPSA) is 49.3 Å². The van der Waals surface area contributed by atoms with Crippen molar-refractivity contribution in [2.45, 2.75) is 4.90 Å². The maximum atomic E-state index is 12.6. The molecule has 0 aromatic heterocycles. The fourth-order valence-corrected chi connectivity index (χ4v) is 3.42. The summed E-state index contributed by atoms with van der Waals surface area (Å²) in [4.78, 5) is 14.3. The number of rotatable bonds is 4. The van der Waals surface area contributed by atoms with Crippen molar-refractivity contribution in [2.24, 2.45) is 0 Å². The number of aliphatic hydroxyl groups is 1. The molecular formula is C17H15NO2S. The summed E-state index contributed by atoms with van der Waals surface area (Å²) in [7, 11) is 0. The van der Waals surface area contributed by atoms with Crippen molar-refractivity contribution in [2.75, 3.05) is 13.2 Å². The van der Waals surface area contributed by atoms with Crippen LogP contribution in [0.3, 0.4) is 0 Å². The predicted molar refractivity (Wildman–Crippen MR) is 85.1 cm³/mol. The SMILES string of the molecule is O=C1/C(=C(\NCCO)c2ccccc2)Sc2ccccc21. The number of carbonyl (C=O) groups excluding carboxylic acids is 1. The molecule has 0 unspecified atom stereocenters. The van der Waals surface area contributed by atoms with Crippen LogP contribution in [0.15, 0.2) is 64.4 Å². The number of hydrogen-bond acceptors (Lipinski definition) is 4. The minimum absolute atomic E-state index is 0.0232. The van der Waals surface area contributed by atoms with Gasteiger partial charge in [-0.05, 0) is 17.7 Å². The average Bonchev–Trinajstić information content (AvgIpc) is 2.86. The van der Waals surface area contributed by atoms with E-state index in [1.807, 2.05) is 54.6 Å². The molecule has 0 spiro atoms. The van der Waals surface area contributed by atoms with Crippen LogP contribution in [-0.2, 0) is 0 Å². The van der Waals surface area contributed by atoms with Gasteiger partial charge in [0.2, 0.25) is 5.78 Å². The van der Waals surface area contributed by atoms with Gasteiger partial charge in [0.05, 0.1) is 17.2 Å². The Labute approximate surface area is 127 Å². The van der Waals surface area contributed by atoms with E-state index >= 15 is 0 Å². The van der Waals surface area contributed by atoms with Crippen molar-refractivity contribution in [1.29, 1.82) is 0 Å². The first-order chi connectivity index (χ1) is 10.3. The van der Waals surface area contributed by atoms with Crippen LogP contribution in [0, 0.1) is 0 Å². The van der Waals surface area contributed by atoms with Crippen molar-refractivity contribution in [3.63, 3.8) is 0 Å². The monoisotopic (exact) mass is 297 g/mol. The Morgan fingerprint density at radius 3 is 2.48 bits per heavy atom. The van der Waals surface area contributed by atoms with Crippen LogP contribution < -0.4 is 5.32 Å². The van der Waals surface area contributed by atoms with E-state index in [2.05, 4.69) is 5.32 Å². The van der Waals surface area contributed by atoms with Crippen LogP contribution in [0.2, 0.25) is 0 Å². The highest BCUT2D eigenvalue weighted by Crippen LogP contribution is 2.42. The van der Waals surface area contributed by atoms with Crippen molar-refractivity contribution < 1.29 is 9.90 Å². The normalized spacial score (nSPS) is 15.8. The number of ketones is 1. The zero-order valence-corrected chi connectivity index (χ0v) is 12.2. The van der Waals surface area contributed by atoms with Gasteiger partial charge in [-0.25, -0.2) is 0 Å². The minimum Gasteiger partial charge on any atom is -0.395 e. The highest BCUT2D eigenvalue weighted by atomic mass is 32.2. The molecule has 1 aliphatic heterocycles. The van der Waals surface area contributed by atoms with Gasteiger partial charge in [0, 0.05) is 17.0 Å². The fraction of sp³-hybridized carbons (Fsp3) is 0.118. The van der Waals surface area contributed by atoms with Gasteiger partial charge in [-0.3, -0.25) is 4.79 Å². The molecular weight excluding hydrogens is 282 g/mol. The van der Waals surface area contributed by atoms with Gasteiger partial charge in [-0.15, -0.1) is 0 Å². The molecule has 0 radical (unpaired) electrons. The van der Waals surface area contributed by atoms with Gasteiger partial charge in [0.1, 0.15) is 0 Å². The van der Waals surface area contributed by atoms with E-state index in [0.29, 0.717) is 11.4 Å². The summed E-state index contributed by atoms with van der Waals surface area (Å²) in [6, 6.07) is 17.4. The van der Waals surface area contributed by atoms with Crippen LogP contribution in [0.4, 0.5) is 0 Å². The lowest BCUT2D eigenvalue weighted by Gasteiger charge is -2.12. The van der Waals surface area contributed by atoms with Gasteiger partial charge in [-0.2, -0.15) is 0 Å². The second kappa shape index (κ2) is 6.16. The fourth-order valence-electron chi connectivity index (χ4n) is 2.29. The Bertz CT molecular complexity index is 695. The summed E-state index contributed by atoms with van der Waals surface area (Å²) >= 11 is 1.48. The lowest BCUT2D eigenvalue weighted by molar-refractivity contribution is 0.104. The standard InChI is InChI=1S/C17H15NO2S/c19-11-10-18-15(12-6-2-1-3-7-12)17-16(20)13-8-4-5-9-14(13)21-17/h1-9,18-19H,10-11H2/b17-15+. The highest BCUT2D eigenvalue weighted by Gasteiger charge is 2.28. The van der Waals surface area contributed by atoms with Gasteiger partial charge in [0.15, 0.2) is 0 Å². The van der Waals surface area contributed by atoms with Gasteiger partial charge in [0.25, 0.3) is 0 Å². The third-order valence-corrected chi connectivity index (χ3v) is 4.42. The molecule has 2 aromatic carbocycles. The van der Waals surface area contributed by atoms with E-state index in [9.17, 15) is 4.79 Å². The molecule has 4 heteroatoms. The Balaban J connectivity index is 2.06. The van der Waals surface area contributed by atoms with E-state index in [4.69, 9.17) is 5.11 Å². The third-order valence-electron chi connectivity index (χ3n) is 3.25. The molecule has 0 atom stereocenters.